The van der Waals surface area contributed by atoms with Gasteiger partial charge in [0.15, 0.2) is 0 Å². The van der Waals surface area contributed by atoms with Gasteiger partial charge in [-0.1, -0.05) is 24.4 Å². The number of nitrogens with one attached hydrogen (secondary N) is 1. The van der Waals surface area contributed by atoms with Gasteiger partial charge in [-0.05, 0) is 49.9 Å². The first-order valence-electron chi connectivity index (χ1n) is 10.5. The minimum absolute atomic E-state index is 0.111. The number of ether oxygens (including phenoxy) is 1. The van der Waals surface area contributed by atoms with E-state index in [2.05, 4.69) is 15.1 Å². The minimum Gasteiger partial charge on any atom is -0.489 e. The molecule has 0 unspecified atom stereocenters. The quantitative estimate of drug-likeness (QED) is 0.769. The number of aromatic nitrogens is 2. The van der Waals surface area contributed by atoms with Crippen LogP contribution in [0.1, 0.15) is 54.6 Å². The van der Waals surface area contributed by atoms with Crippen molar-refractivity contribution in [3.05, 3.63) is 46.7 Å². The van der Waals surface area contributed by atoms with Gasteiger partial charge in [0.2, 0.25) is 0 Å². The van der Waals surface area contributed by atoms with Gasteiger partial charge in [-0.3, -0.25) is 9.89 Å². The Balaban J connectivity index is 1.41. The van der Waals surface area contributed by atoms with Crippen LogP contribution in [0.25, 0.3) is 0 Å². The molecule has 29 heavy (non-hydrogen) atoms. The van der Waals surface area contributed by atoms with Crippen LogP contribution in [0.2, 0.25) is 5.02 Å². The number of halogens is 1. The van der Waals surface area contributed by atoms with E-state index in [1.165, 1.54) is 25.7 Å². The molecule has 4 rings (SSSR count). The van der Waals surface area contributed by atoms with Gasteiger partial charge in [0.1, 0.15) is 11.9 Å². The van der Waals surface area contributed by atoms with Crippen molar-refractivity contribution < 1.29 is 9.53 Å². The molecule has 2 fully saturated rings. The fourth-order valence-corrected chi connectivity index (χ4v) is 4.66. The Morgan fingerprint density at radius 3 is 2.69 bits per heavy atom. The van der Waals surface area contributed by atoms with Crippen LogP contribution in [0.5, 0.6) is 5.75 Å². The minimum atomic E-state index is -0.111. The lowest BCUT2D eigenvalue weighted by atomic mass is 10.0. The Morgan fingerprint density at radius 1 is 1.24 bits per heavy atom. The molecule has 1 aromatic carbocycles. The van der Waals surface area contributed by atoms with Crippen LogP contribution >= 0.6 is 11.6 Å². The molecule has 7 heteroatoms. The molecule has 156 valence electrons. The molecular formula is C22H29ClN4O2. The number of H-pyrrole nitrogens is 1. The number of rotatable bonds is 6. The molecule has 2 aliphatic rings. The molecule has 1 aliphatic carbocycles. The first kappa shape index (κ1) is 20.2. The van der Waals surface area contributed by atoms with Crippen molar-refractivity contribution in [3.8, 4) is 5.75 Å². The van der Waals surface area contributed by atoms with E-state index in [0.29, 0.717) is 22.9 Å². The van der Waals surface area contributed by atoms with Crippen molar-refractivity contribution in [2.24, 2.45) is 0 Å². The van der Waals surface area contributed by atoms with Gasteiger partial charge in [0.25, 0.3) is 5.91 Å². The molecule has 2 aromatic rings. The van der Waals surface area contributed by atoms with Crippen LogP contribution in [-0.2, 0) is 6.54 Å². The Hall–Kier alpha value is -2.05. The summed E-state index contributed by atoms with van der Waals surface area (Å²) in [6, 6.07) is 7.94. The fourth-order valence-electron chi connectivity index (χ4n) is 4.49. The lowest BCUT2D eigenvalue weighted by Crippen LogP contribution is -2.43. The Morgan fingerprint density at radius 2 is 2.00 bits per heavy atom. The summed E-state index contributed by atoms with van der Waals surface area (Å²) in [5.41, 5.74) is 1.39. The third-order valence-electron chi connectivity index (χ3n) is 6.10. The third-order valence-corrected chi connectivity index (χ3v) is 6.33. The molecule has 1 aromatic heterocycles. The first-order valence-corrected chi connectivity index (χ1v) is 10.9. The van der Waals surface area contributed by atoms with E-state index >= 15 is 0 Å². The van der Waals surface area contributed by atoms with Crippen LogP contribution in [-0.4, -0.2) is 58.2 Å². The summed E-state index contributed by atoms with van der Waals surface area (Å²) in [6.45, 7) is 2.60. The van der Waals surface area contributed by atoms with Crippen LogP contribution in [0, 0.1) is 0 Å². The van der Waals surface area contributed by atoms with Gasteiger partial charge in [-0.15, -0.1) is 0 Å². The second-order valence-electron chi connectivity index (χ2n) is 8.18. The van der Waals surface area contributed by atoms with Crippen molar-refractivity contribution in [2.75, 3.05) is 20.1 Å². The maximum Gasteiger partial charge on any atom is 0.257 e. The summed E-state index contributed by atoms with van der Waals surface area (Å²) in [6.07, 6.45) is 9.21. The molecular weight excluding hydrogens is 388 g/mol. The van der Waals surface area contributed by atoms with Crippen molar-refractivity contribution in [1.29, 1.82) is 0 Å². The summed E-state index contributed by atoms with van der Waals surface area (Å²) >= 11 is 6.19. The van der Waals surface area contributed by atoms with Gasteiger partial charge >= 0.3 is 0 Å². The summed E-state index contributed by atoms with van der Waals surface area (Å²) < 4.78 is 6.31. The van der Waals surface area contributed by atoms with E-state index in [0.717, 1.165) is 37.7 Å². The predicted octanol–water partition coefficient (Wildman–Crippen LogP) is 4.12. The van der Waals surface area contributed by atoms with Gasteiger partial charge in [-0.2, -0.15) is 5.10 Å². The van der Waals surface area contributed by atoms with Crippen LogP contribution < -0.4 is 4.74 Å². The Bertz CT molecular complexity index is 812. The smallest absolute Gasteiger partial charge is 0.257 e. The normalized spacial score (nSPS) is 18.8. The second-order valence-corrected chi connectivity index (χ2v) is 8.61. The number of carbonyl (C=O) groups is 1. The standard InChI is InChI=1S/C22H29ClN4O2/c1-26(15-17-8-11-24-25-17)22(28)20-14-16(23)6-7-21(20)29-19-9-12-27(13-10-19)18-4-2-3-5-18/h6-8,11,14,18-19H,2-5,9-10,12-13,15H2,1H3,(H,24,25). The van der Waals surface area contributed by atoms with E-state index in [1.54, 1.807) is 30.3 Å². The van der Waals surface area contributed by atoms with E-state index in [-0.39, 0.29) is 12.0 Å². The highest BCUT2D eigenvalue weighted by Gasteiger charge is 2.28. The average Bonchev–Trinajstić information content (AvgIpc) is 3.43. The topological polar surface area (TPSA) is 61.5 Å². The predicted molar refractivity (Wildman–Crippen MR) is 113 cm³/mol. The number of amides is 1. The zero-order valence-electron chi connectivity index (χ0n) is 16.9. The zero-order chi connectivity index (χ0) is 20.2. The molecule has 1 N–H and O–H groups in total. The fraction of sp³-hybridized carbons (Fsp3) is 0.545. The highest BCUT2D eigenvalue weighted by Crippen LogP contribution is 2.30. The van der Waals surface area contributed by atoms with Gasteiger partial charge < -0.3 is 14.5 Å². The number of hydrogen-bond acceptors (Lipinski definition) is 4. The third kappa shape index (κ3) is 4.93. The zero-order valence-corrected chi connectivity index (χ0v) is 17.7. The molecule has 0 bridgehead atoms. The largest absolute Gasteiger partial charge is 0.489 e. The summed E-state index contributed by atoms with van der Waals surface area (Å²) in [4.78, 5) is 17.3. The van der Waals surface area contributed by atoms with Crippen LogP contribution in [0.15, 0.2) is 30.5 Å². The van der Waals surface area contributed by atoms with E-state index < -0.39 is 0 Å². The highest BCUT2D eigenvalue weighted by atomic mass is 35.5. The van der Waals surface area contributed by atoms with E-state index in [4.69, 9.17) is 16.3 Å². The SMILES string of the molecule is CN(Cc1ccn[nH]1)C(=O)c1cc(Cl)ccc1OC1CCN(C2CCCC2)CC1. The van der Waals surface area contributed by atoms with Crippen molar-refractivity contribution in [3.63, 3.8) is 0 Å². The number of aromatic amines is 1. The lowest BCUT2D eigenvalue weighted by molar-refractivity contribution is 0.0709. The summed E-state index contributed by atoms with van der Waals surface area (Å²) in [7, 11) is 1.77. The van der Waals surface area contributed by atoms with E-state index in [1.807, 2.05) is 12.1 Å². The molecule has 0 radical (unpaired) electrons. The number of likely N-dealkylation sites (tertiary alicyclic amines) is 1. The molecule has 1 aliphatic heterocycles. The maximum absolute atomic E-state index is 13.1. The van der Waals surface area contributed by atoms with Crippen molar-refractivity contribution in [2.45, 2.75) is 57.2 Å². The monoisotopic (exact) mass is 416 g/mol. The molecule has 2 heterocycles. The van der Waals surface area contributed by atoms with Gasteiger partial charge in [0, 0.05) is 37.4 Å². The molecule has 0 spiro atoms. The van der Waals surface area contributed by atoms with Gasteiger partial charge in [0.05, 0.1) is 17.8 Å². The Labute approximate surface area is 177 Å². The van der Waals surface area contributed by atoms with Crippen LogP contribution in [0.4, 0.5) is 0 Å². The van der Waals surface area contributed by atoms with E-state index in [9.17, 15) is 4.79 Å². The number of nitrogens with zero attached hydrogens (tertiary/aromatic N) is 3. The maximum atomic E-state index is 13.1. The molecule has 1 saturated heterocycles. The number of piperidine rings is 1. The summed E-state index contributed by atoms with van der Waals surface area (Å²) in [5, 5.41) is 7.36. The second kappa shape index (κ2) is 9.18. The molecule has 1 saturated carbocycles. The van der Waals surface area contributed by atoms with Crippen molar-refractivity contribution >= 4 is 17.5 Å². The number of hydrogen-bond donors (Lipinski definition) is 1. The van der Waals surface area contributed by atoms with Gasteiger partial charge in [-0.25, -0.2) is 0 Å². The molecule has 0 atom stereocenters. The Kier molecular flexibility index (Phi) is 6.40. The average molecular weight is 417 g/mol. The molecule has 6 nitrogen and oxygen atoms in total. The van der Waals surface area contributed by atoms with Crippen LogP contribution in [0.3, 0.4) is 0 Å². The highest BCUT2D eigenvalue weighted by molar-refractivity contribution is 6.31. The number of benzene rings is 1. The van der Waals surface area contributed by atoms with Crippen molar-refractivity contribution in [1.82, 2.24) is 20.0 Å². The number of carbonyl (C=O) groups excluding carboxylic acids is 1. The summed E-state index contributed by atoms with van der Waals surface area (Å²) in [5.74, 6) is 0.510. The molecule has 1 amide bonds. The first-order chi connectivity index (χ1) is 14.1. The lowest BCUT2D eigenvalue weighted by Gasteiger charge is -2.36.